The van der Waals surface area contributed by atoms with E-state index in [1.165, 1.54) is 38.0 Å². The first-order valence-corrected chi connectivity index (χ1v) is 7.76. The van der Waals surface area contributed by atoms with Gasteiger partial charge < -0.3 is 5.32 Å². The van der Waals surface area contributed by atoms with Crippen LogP contribution in [0, 0.1) is 5.92 Å². The van der Waals surface area contributed by atoms with Gasteiger partial charge in [-0.15, -0.1) is 0 Å². The molecule has 0 bridgehead atoms. The summed E-state index contributed by atoms with van der Waals surface area (Å²) < 4.78 is 2.06. The molecular weight excluding hydrogens is 236 g/mol. The molecule has 1 aromatic heterocycles. The van der Waals surface area contributed by atoms with Crippen molar-refractivity contribution in [2.24, 2.45) is 5.92 Å². The van der Waals surface area contributed by atoms with Crippen molar-refractivity contribution < 1.29 is 0 Å². The first-order chi connectivity index (χ1) is 9.31. The summed E-state index contributed by atoms with van der Waals surface area (Å²) in [6.07, 6.45) is 8.03. The Hall–Kier alpha value is -0.870. The average Bonchev–Trinajstić information content (AvgIpc) is 2.87. The van der Waals surface area contributed by atoms with Crippen LogP contribution in [0.3, 0.4) is 0 Å². The number of rotatable bonds is 7. The molecule has 4 nitrogen and oxygen atoms in total. The first-order valence-electron chi connectivity index (χ1n) is 7.76. The summed E-state index contributed by atoms with van der Waals surface area (Å²) >= 11 is 0. The second-order valence-electron chi connectivity index (χ2n) is 5.63. The third-order valence-corrected chi connectivity index (χ3v) is 3.97. The maximum Gasteiger partial charge on any atom is 0.0534 e. The van der Waals surface area contributed by atoms with Crippen molar-refractivity contribution in [2.45, 2.75) is 46.2 Å². The van der Waals surface area contributed by atoms with Gasteiger partial charge in [0.25, 0.3) is 0 Å². The molecule has 0 atom stereocenters. The molecule has 1 aromatic rings. The van der Waals surface area contributed by atoms with E-state index in [1.54, 1.807) is 0 Å². The number of aryl methyl sites for hydroxylation is 1. The summed E-state index contributed by atoms with van der Waals surface area (Å²) in [6.45, 7) is 11.3. The van der Waals surface area contributed by atoms with Crippen molar-refractivity contribution in [3.63, 3.8) is 0 Å². The molecule has 108 valence electrons. The van der Waals surface area contributed by atoms with E-state index in [1.807, 2.05) is 6.20 Å². The van der Waals surface area contributed by atoms with E-state index in [-0.39, 0.29) is 0 Å². The Morgan fingerprint density at radius 2 is 2.16 bits per heavy atom. The fourth-order valence-electron chi connectivity index (χ4n) is 2.83. The lowest BCUT2D eigenvalue weighted by molar-refractivity contribution is 0.207. The lowest BCUT2D eigenvalue weighted by Gasteiger charge is -2.29. The Kier molecular flexibility index (Phi) is 5.86. The minimum absolute atomic E-state index is 0.867. The van der Waals surface area contributed by atoms with E-state index in [2.05, 4.69) is 40.0 Å². The number of hydrogen-bond acceptors (Lipinski definition) is 3. The maximum atomic E-state index is 4.42. The lowest BCUT2D eigenvalue weighted by atomic mass is 9.97. The zero-order valence-corrected chi connectivity index (χ0v) is 12.4. The van der Waals surface area contributed by atoms with Crippen LogP contribution in [0.1, 0.15) is 38.7 Å². The summed E-state index contributed by atoms with van der Waals surface area (Å²) in [5, 5.41) is 7.86. The van der Waals surface area contributed by atoms with Gasteiger partial charge >= 0.3 is 0 Å². The molecule has 1 aliphatic rings. The zero-order valence-electron chi connectivity index (χ0n) is 12.4. The molecular formula is C15H28N4. The van der Waals surface area contributed by atoms with Gasteiger partial charge in [0, 0.05) is 31.4 Å². The summed E-state index contributed by atoms with van der Waals surface area (Å²) in [4.78, 5) is 2.56. The van der Waals surface area contributed by atoms with E-state index in [9.17, 15) is 0 Å². The molecule has 0 aliphatic carbocycles. The molecule has 0 spiro atoms. The minimum Gasteiger partial charge on any atom is -0.317 e. The van der Waals surface area contributed by atoms with E-state index in [0.717, 1.165) is 32.0 Å². The first kappa shape index (κ1) is 14.5. The van der Waals surface area contributed by atoms with Crippen molar-refractivity contribution in [3.05, 3.63) is 18.0 Å². The summed E-state index contributed by atoms with van der Waals surface area (Å²) in [7, 11) is 0. The second kappa shape index (κ2) is 7.65. The SMILES string of the molecule is CCCn1cc(CN(CC)CC2CCNCC2)cn1. The Morgan fingerprint density at radius 1 is 1.37 bits per heavy atom. The van der Waals surface area contributed by atoms with Crippen molar-refractivity contribution >= 4 is 0 Å². The summed E-state index contributed by atoms with van der Waals surface area (Å²) in [5.41, 5.74) is 1.35. The Bertz CT molecular complexity index is 355. The number of hydrogen-bond donors (Lipinski definition) is 1. The van der Waals surface area contributed by atoms with Gasteiger partial charge in [0.1, 0.15) is 0 Å². The quantitative estimate of drug-likeness (QED) is 0.819. The maximum absolute atomic E-state index is 4.42. The van der Waals surface area contributed by atoms with Crippen LogP contribution in [-0.2, 0) is 13.1 Å². The van der Waals surface area contributed by atoms with E-state index < -0.39 is 0 Å². The standard InChI is InChI=1S/C15H28N4/c1-3-9-19-13-15(10-17-19)12-18(4-2)11-14-5-7-16-8-6-14/h10,13-14,16H,3-9,11-12H2,1-2H3. The van der Waals surface area contributed by atoms with Crippen LogP contribution in [0.4, 0.5) is 0 Å². The third-order valence-electron chi connectivity index (χ3n) is 3.97. The van der Waals surface area contributed by atoms with Crippen LogP contribution >= 0.6 is 0 Å². The topological polar surface area (TPSA) is 33.1 Å². The highest BCUT2D eigenvalue weighted by molar-refractivity contribution is 5.03. The van der Waals surface area contributed by atoms with Crippen LogP contribution in [0.5, 0.6) is 0 Å². The number of nitrogens with zero attached hydrogens (tertiary/aromatic N) is 3. The van der Waals surface area contributed by atoms with Crippen molar-refractivity contribution in [3.8, 4) is 0 Å². The van der Waals surface area contributed by atoms with Crippen LogP contribution < -0.4 is 5.32 Å². The van der Waals surface area contributed by atoms with Gasteiger partial charge in [0.05, 0.1) is 6.20 Å². The van der Waals surface area contributed by atoms with Gasteiger partial charge in [0.2, 0.25) is 0 Å². The van der Waals surface area contributed by atoms with Gasteiger partial charge in [-0.3, -0.25) is 9.58 Å². The Morgan fingerprint density at radius 3 is 2.84 bits per heavy atom. The predicted molar refractivity (Wildman–Crippen MR) is 79.1 cm³/mol. The van der Waals surface area contributed by atoms with E-state index in [4.69, 9.17) is 0 Å². The fourth-order valence-corrected chi connectivity index (χ4v) is 2.83. The highest BCUT2D eigenvalue weighted by atomic mass is 15.3. The van der Waals surface area contributed by atoms with E-state index in [0.29, 0.717) is 0 Å². The van der Waals surface area contributed by atoms with Gasteiger partial charge in [0.15, 0.2) is 0 Å². The normalized spacial score (nSPS) is 17.2. The zero-order chi connectivity index (χ0) is 13.5. The van der Waals surface area contributed by atoms with Crippen molar-refractivity contribution in [1.29, 1.82) is 0 Å². The van der Waals surface area contributed by atoms with Gasteiger partial charge in [-0.2, -0.15) is 5.10 Å². The van der Waals surface area contributed by atoms with Crippen LogP contribution in [-0.4, -0.2) is 40.9 Å². The molecule has 2 rings (SSSR count). The monoisotopic (exact) mass is 264 g/mol. The summed E-state index contributed by atoms with van der Waals surface area (Å²) in [6, 6.07) is 0. The molecule has 0 amide bonds. The highest BCUT2D eigenvalue weighted by Gasteiger charge is 2.16. The molecule has 2 heterocycles. The molecule has 1 N–H and O–H groups in total. The molecule has 0 radical (unpaired) electrons. The minimum atomic E-state index is 0.867. The number of aromatic nitrogens is 2. The smallest absolute Gasteiger partial charge is 0.0534 e. The number of piperidine rings is 1. The number of nitrogens with one attached hydrogen (secondary N) is 1. The van der Waals surface area contributed by atoms with Gasteiger partial charge in [-0.25, -0.2) is 0 Å². The van der Waals surface area contributed by atoms with Crippen LogP contribution in [0.15, 0.2) is 12.4 Å². The molecule has 1 saturated heterocycles. The molecule has 0 aromatic carbocycles. The molecule has 4 heteroatoms. The predicted octanol–water partition coefficient (Wildman–Crippen LogP) is 2.11. The van der Waals surface area contributed by atoms with Crippen molar-refractivity contribution in [1.82, 2.24) is 20.0 Å². The second-order valence-corrected chi connectivity index (χ2v) is 5.63. The largest absolute Gasteiger partial charge is 0.317 e. The Labute approximate surface area is 117 Å². The fraction of sp³-hybridized carbons (Fsp3) is 0.800. The van der Waals surface area contributed by atoms with Crippen LogP contribution in [0.25, 0.3) is 0 Å². The Balaban J connectivity index is 1.83. The van der Waals surface area contributed by atoms with Gasteiger partial charge in [-0.05, 0) is 44.8 Å². The lowest BCUT2D eigenvalue weighted by Crippen LogP contribution is -2.35. The van der Waals surface area contributed by atoms with E-state index >= 15 is 0 Å². The average molecular weight is 264 g/mol. The third kappa shape index (κ3) is 4.62. The summed E-state index contributed by atoms with van der Waals surface area (Å²) in [5.74, 6) is 0.867. The molecule has 19 heavy (non-hydrogen) atoms. The van der Waals surface area contributed by atoms with Gasteiger partial charge in [-0.1, -0.05) is 13.8 Å². The molecule has 0 saturated carbocycles. The molecule has 0 unspecified atom stereocenters. The highest BCUT2D eigenvalue weighted by Crippen LogP contribution is 2.15. The van der Waals surface area contributed by atoms with Crippen molar-refractivity contribution in [2.75, 3.05) is 26.2 Å². The molecule has 1 aliphatic heterocycles. The molecule has 1 fully saturated rings. The van der Waals surface area contributed by atoms with Crippen LogP contribution in [0.2, 0.25) is 0 Å².